The molecule has 1 aromatic rings. The van der Waals surface area contributed by atoms with E-state index in [1.165, 1.54) is 64.2 Å². The van der Waals surface area contributed by atoms with Gasteiger partial charge in [0, 0.05) is 49.7 Å². The summed E-state index contributed by atoms with van der Waals surface area (Å²) in [5.41, 5.74) is 1.72. The summed E-state index contributed by atoms with van der Waals surface area (Å²) < 4.78 is 40.0. The molecule has 65 heavy (non-hydrogen) atoms. The van der Waals surface area contributed by atoms with E-state index >= 15 is 0 Å². The molecule has 1 aromatic carbocycles. The number of carbonyl (C=O) groups excluding carboxylic acids is 2. The first-order chi connectivity index (χ1) is 30.4. The second kappa shape index (κ2) is 16.6. The van der Waals surface area contributed by atoms with Gasteiger partial charge in [-0.05, 0) is 166 Å². The molecule has 364 valence electrons. The lowest BCUT2D eigenvalue weighted by Gasteiger charge is -2.73. The first-order valence-corrected chi connectivity index (χ1v) is 27.8. The van der Waals surface area contributed by atoms with E-state index in [0.717, 1.165) is 44.0 Å². The SMILES string of the molecule is CC(C)S(=O)(=O)N1CCN([C@@H](C)CN[C@]23CCC(C4(C)CC4)[C@@H]2[C@H]2CC[C@@H]4[C@@]5(C)CC[C@H](OC(=O)[C@H]6C[C@@H](C(=O)OCc7ccccc7)C6(C)C)C(C)(C)[C@@H]5CC[C@@]4(C)[C@]2(C)CC3)CC1. The van der Waals surface area contributed by atoms with Crippen LogP contribution in [0, 0.1) is 73.9 Å². The van der Waals surface area contributed by atoms with Gasteiger partial charge < -0.3 is 14.8 Å². The van der Waals surface area contributed by atoms with E-state index in [2.05, 4.69) is 58.7 Å². The molecule has 1 aliphatic heterocycles. The maximum absolute atomic E-state index is 14.1. The number of nitrogens with zero attached hydrogens (tertiary/aromatic N) is 2. The lowest BCUT2D eigenvalue weighted by molar-refractivity contribution is -0.250. The third-order valence-electron chi connectivity index (χ3n) is 22.2. The highest BCUT2D eigenvalue weighted by Crippen LogP contribution is 2.78. The number of piperazine rings is 1. The summed E-state index contributed by atoms with van der Waals surface area (Å²) >= 11 is 0. The molecule has 10 heteroatoms. The molecular formula is C55H87N3O6S. The average molecular weight is 918 g/mol. The van der Waals surface area contributed by atoms with Crippen molar-refractivity contribution in [2.75, 3.05) is 32.7 Å². The van der Waals surface area contributed by atoms with Crippen LogP contribution in [0.5, 0.6) is 0 Å². The van der Waals surface area contributed by atoms with Gasteiger partial charge in [0.25, 0.3) is 0 Å². The maximum atomic E-state index is 14.1. The van der Waals surface area contributed by atoms with Crippen molar-refractivity contribution in [3.05, 3.63) is 35.9 Å². The molecule has 0 aromatic heterocycles. The Morgan fingerprint density at radius 2 is 1.38 bits per heavy atom. The second-order valence-corrected chi connectivity index (χ2v) is 28.4. The molecule has 1 heterocycles. The molecule has 1 N–H and O–H groups in total. The Labute approximate surface area is 394 Å². The van der Waals surface area contributed by atoms with Crippen LogP contribution in [-0.2, 0) is 35.7 Å². The Bertz CT molecular complexity index is 2060. The highest BCUT2D eigenvalue weighted by molar-refractivity contribution is 7.89. The van der Waals surface area contributed by atoms with Crippen molar-refractivity contribution in [3.8, 4) is 0 Å². The largest absolute Gasteiger partial charge is 0.462 e. The Morgan fingerprint density at radius 3 is 2.03 bits per heavy atom. The van der Waals surface area contributed by atoms with Crippen LogP contribution in [0.25, 0.3) is 0 Å². The number of sulfonamides is 1. The molecule has 7 saturated carbocycles. The van der Waals surface area contributed by atoms with Gasteiger partial charge in [0.1, 0.15) is 12.7 Å². The van der Waals surface area contributed by atoms with Gasteiger partial charge in [-0.15, -0.1) is 0 Å². The molecule has 0 spiro atoms. The van der Waals surface area contributed by atoms with E-state index in [4.69, 9.17) is 9.47 Å². The molecule has 1 unspecified atom stereocenters. The zero-order valence-corrected chi connectivity index (χ0v) is 43.2. The van der Waals surface area contributed by atoms with Gasteiger partial charge in [-0.3, -0.25) is 14.5 Å². The van der Waals surface area contributed by atoms with Crippen LogP contribution in [0.15, 0.2) is 30.3 Å². The summed E-state index contributed by atoms with van der Waals surface area (Å²) in [6, 6.07) is 10.2. The lowest BCUT2D eigenvalue weighted by Crippen LogP contribution is -2.69. The van der Waals surface area contributed by atoms with Crippen molar-refractivity contribution in [1.82, 2.24) is 14.5 Å². The van der Waals surface area contributed by atoms with Crippen LogP contribution in [0.1, 0.15) is 165 Å². The van der Waals surface area contributed by atoms with E-state index in [1.54, 1.807) is 18.2 Å². The zero-order valence-electron chi connectivity index (χ0n) is 42.3. The van der Waals surface area contributed by atoms with Gasteiger partial charge in [0.05, 0.1) is 17.1 Å². The molecule has 0 amide bonds. The normalized spacial score (nSPS) is 42.3. The topological polar surface area (TPSA) is 105 Å². The first kappa shape index (κ1) is 48.0. The predicted molar refractivity (Wildman–Crippen MR) is 258 cm³/mol. The summed E-state index contributed by atoms with van der Waals surface area (Å²) in [6.45, 7) is 29.7. The van der Waals surface area contributed by atoms with Crippen LogP contribution in [0.4, 0.5) is 0 Å². The van der Waals surface area contributed by atoms with Crippen LogP contribution < -0.4 is 5.32 Å². The first-order valence-electron chi connectivity index (χ1n) is 26.3. The molecule has 0 bridgehead atoms. The zero-order chi connectivity index (χ0) is 46.8. The van der Waals surface area contributed by atoms with Gasteiger partial charge >= 0.3 is 11.9 Å². The van der Waals surface area contributed by atoms with Crippen molar-refractivity contribution in [2.45, 2.75) is 189 Å². The van der Waals surface area contributed by atoms with Gasteiger partial charge in [-0.1, -0.05) is 85.7 Å². The number of fused-ring (bicyclic) bond motifs is 7. The van der Waals surface area contributed by atoms with E-state index in [9.17, 15) is 18.0 Å². The van der Waals surface area contributed by atoms with Crippen molar-refractivity contribution in [1.29, 1.82) is 0 Å². The molecule has 9 nitrogen and oxygen atoms in total. The highest BCUT2D eigenvalue weighted by atomic mass is 32.2. The standard InChI is InChI=1S/C55H87N3O6S/c1-36(2)65(61,62)58-31-29-57(30-32-58)37(3)34-56-55-24-19-39(51(8)25-26-51)46(55)40-17-18-44-52(9)22-21-45(50(6,7)43(52)20-23-54(44,11)53(40,10)27-28-55)64-48(60)42-33-41(49(42,4)5)47(59)63-35-38-15-13-12-14-16-38/h12-16,36-37,39-46,56H,17-35H2,1-11H3/t37-,39?,40+,41-,42+,43-,44+,45-,46+,52-,53+,54+,55-/m0/s1. The van der Waals surface area contributed by atoms with Crippen LogP contribution in [0.2, 0.25) is 0 Å². The summed E-state index contributed by atoms with van der Waals surface area (Å²) in [4.78, 5) is 29.9. The summed E-state index contributed by atoms with van der Waals surface area (Å²) in [7, 11) is -3.22. The van der Waals surface area contributed by atoms with Gasteiger partial charge in [0.15, 0.2) is 0 Å². The third-order valence-corrected chi connectivity index (χ3v) is 24.5. The van der Waals surface area contributed by atoms with Crippen molar-refractivity contribution in [2.24, 2.45) is 73.9 Å². The fraction of sp³-hybridized carbons (Fsp3) is 0.855. The van der Waals surface area contributed by atoms with Crippen molar-refractivity contribution >= 4 is 22.0 Å². The average Bonchev–Trinajstić information content (AvgIpc) is 3.89. The summed E-state index contributed by atoms with van der Waals surface area (Å²) in [6.07, 6.45) is 15.4. The third kappa shape index (κ3) is 7.63. The summed E-state index contributed by atoms with van der Waals surface area (Å²) in [5.74, 6) is 2.39. The molecule has 9 rings (SSSR count). The molecular weight excluding hydrogens is 831 g/mol. The number of rotatable bonds is 12. The predicted octanol–water partition coefficient (Wildman–Crippen LogP) is 10.3. The Kier molecular flexibility index (Phi) is 12.2. The minimum absolute atomic E-state index is 0.122. The van der Waals surface area contributed by atoms with Gasteiger partial charge in [0.2, 0.25) is 10.0 Å². The maximum Gasteiger partial charge on any atom is 0.309 e. The molecule has 0 radical (unpaired) electrons. The highest BCUT2D eigenvalue weighted by Gasteiger charge is 2.72. The van der Waals surface area contributed by atoms with Crippen LogP contribution in [-0.4, -0.2) is 85.2 Å². The van der Waals surface area contributed by atoms with E-state index in [1.807, 2.05) is 44.2 Å². The Balaban J connectivity index is 0.867. The number of ether oxygens (including phenoxy) is 2. The molecule has 7 aliphatic carbocycles. The smallest absolute Gasteiger partial charge is 0.309 e. The molecule has 1 saturated heterocycles. The van der Waals surface area contributed by atoms with Gasteiger partial charge in [-0.25, -0.2) is 8.42 Å². The van der Waals surface area contributed by atoms with Crippen LogP contribution >= 0.6 is 0 Å². The number of benzene rings is 1. The molecule has 13 atom stereocenters. The van der Waals surface area contributed by atoms with Crippen molar-refractivity contribution in [3.63, 3.8) is 0 Å². The number of carbonyl (C=O) groups is 2. The monoisotopic (exact) mass is 918 g/mol. The minimum Gasteiger partial charge on any atom is -0.462 e. The number of hydrogen-bond acceptors (Lipinski definition) is 8. The fourth-order valence-electron chi connectivity index (χ4n) is 17.4. The van der Waals surface area contributed by atoms with E-state index in [0.29, 0.717) is 54.6 Å². The van der Waals surface area contributed by atoms with Gasteiger partial charge in [-0.2, -0.15) is 4.31 Å². The number of nitrogens with one attached hydrogen (secondary N) is 1. The Hall–Kier alpha value is -2.01. The lowest BCUT2D eigenvalue weighted by atomic mass is 9.32. The number of esters is 2. The fourth-order valence-corrected chi connectivity index (χ4v) is 18.7. The number of hydrogen-bond donors (Lipinski definition) is 1. The van der Waals surface area contributed by atoms with E-state index in [-0.39, 0.29) is 68.9 Å². The van der Waals surface area contributed by atoms with Crippen LogP contribution in [0.3, 0.4) is 0 Å². The Morgan fingerprint density at radius 1 is 0.708 bits per heavy atom. The van der Waals surface area contributed by atoms with Crippen molar-refractivity contribution < 1.29 is 27.5 Å². The molecule has 8 aliphatic rings. The quantitative estimate of drug-likeness (QED) is 0.207. The van der Waals surface area contributed by atoms with E-state index < -0.39 is 15.4 Å². The minimum atomic E-state index is -3.22. The second-order valence-electron chi connectivity index (χ2n) is 25.9. The molecule has 8 fully saturated rings. The summed E-state index contributed by atoms with van der Waals surface area (Å²) in [5, 5.41) is 4.04.